The minimum absolute atomic E-state index is 0.0611. The zero-order chi connectivity index (χ0) is 18.4. The van der Waals surface area contributed by atoms with Gasteiger partial charge in [-0.1, -0.05) is 24.6 Å². The van der Waals surface area contributed by atoms with E-state index in [1.54, 1.807) is 9.80 Å². The summed E-state index contributed by atoms with van der Waals surface area (Å²) in [6.07, 6.45) is 3.31. The highest BCUT2D eigenvalue weighted by Crippen LogP contribution is 2.17. The number of carbonyl (C=O) groups is 2. The molecule has 0 unspecified atom stereocenters. The Balaban J connectivity index is 1.44. The van der Waals surface area contributed by atoms with E-state index in [9.17, 15) is 14.7 Å². The molecule has 2 saturated heterocycles. The predicted molar refractivity (Wildman–Crippen MR) is 100 cm³/mol. The molecule has 1 aromatic rings. The predicted octanol–water partition coefficient (Wildman–Crippen LogP) is 0.892. The van der Waals surface area contributed by atoms with E-state index in [2.05, 4.69) is 10.2 Å². The third-order valence-corrected chi connectivity index (χ3v) is 5.21. The lowest BCUT2D eigenvalue weighted by molar-refractivity contribution is -0.120. The molecular formula is C19H28N4O3. The summed E-state index contributed by atoms with van der Waals surface area (Å²) in [5.41, 5.74) is 0.873. The molecule has 0 bridgehead atoms. The molecule has 1 aromatic carbocycles. The van der Waals surface area contributed by atoms with Gasteiger partial charge in [-0.2, -0.15) is 0 Å². The minimum atomic E-state index is -0.191. The number of benzene rings is 1. The van der Waals surface area contributed by atoms with E-state index in [1.807, 2.05) is 30.3 Å². The first kappa shape index (κ1) is 18.7. The molecule has 2 N–H and O–H groups in total. The summed E-state index contributed by atoms with van der Waals surface area (Å²) in [7, 11) is 0. The van der Waals surface area contributed by atoms with Crippen molar-refractivity contribution in [3.05, 3.63) is 30.3 Å². The first-order valence-electron chi connectivity index (χ1n) is 9.42. The van der Waals surface area contributed by atoms with Crippen LogP contribution in [0.4, 0.5) is 10.5 Å². The molecule has 7 nitrogen and oxygen atoms in total. The lowest BCUT2D eigenvalue weighted by Gasteiger charge is -2.36. The van der Waals surface area contributed by atoms with Gasteiger partial charge in [-0.05, 0) is 31.5 Å². The average Bonchev–Trinajstić information content (AvgIpc) is 2.69. The molecule has 3 amide bonds. The molecule has 2 heterocycles. The van der Waals surface area contributed by atoms with Gasteiger partial charge in [-0.25, -0.2) is 4.79 Å². The van der Waals surface area contributed by atoms with Crippen molar-refractivity contribution in [3.8, 4) is 0 Å². The number of nitrogens with one attached hydrogen (secondary N) is 1. The molecule has 0 saturated carbocycles. The lowest BCUT2D eigenvalue weighted by Crippen LogP contribution is -2.55. The second-order valence-corrected chi connectivity index (χ2v) is 6.90. The summed E-state index contributed by atoms with van der Waals surface area (Å²) in [4.78, 5) is 30.3. The number of hydrogen-bond donors (Lipinski definition) is 2. The van der Waals surface area contributed by atoms with Crippen LogP contribution in [0.25, 0.3) is 0 Å². The molecular weight excluding hydrogens is 332 g/mol. The first-order valence-corrected chi connectivity index (χ1v) is 9.42. The van der Waals surface area contributed by atoms with Crippen LogP contribution in [0.2, 0.25) is 0 Å². The smallest absolute Gasteiger partial charge is 0.317 e. The fraction of sp³-hybridized carbons (Fsp3) is 0.579. The molecule has 7 heteroatoms. The normalized spacial score (nSPS) is 21.7. The number of aliphatic hydroxyl groups excluding tert-OH is 1. The molecule has 2 fully saturated rings. The number of piperazine rings is 1. The molecule has 0 aromatic heterocycles. The van der Waals surface area contributed by atoms with Crippen molar-refractivity contribution in [1.29, 1.82) is 0 Å². The topological polar surface area (TPSA) is 76.1 Å². The average molecular weight is 360 g/mol. The number of anilines is 1. The van der Waals surface area contributed by atoms with Crippen LogP contribution in [0.5, 0.6) is 0 Å². The van der Waals surface area contributed by atoms with Gasteiger partial charge in [0.2, 0.25) is 5.91 Å². The monoisotopic (exact) mass is 360 g/mol. The van der Waals surface area contributed by atoms with Gasteiger partial charge in [0.15, 0.2) is 0 Å². The van der Waals surface area contributed by atoms with Crippen LogP contribution in [0.3, 0.4) is 0 Å². The number of para-hydroxylation sites is 1. The molecule has 0 aliphatic carbocycles. The van der Waals surface area contributed by atoms with Crippen molar-refractivity contribution >= 4 is 17.6 Å². The van der Waals surface area contributed by atoms with E-state index in [0.29, 0.717) is 19.6 Å². The largest absolute Gasteiger partial charge is 0.395 e. The summed E-state index contributed by atoms with van der Waals surface area (Å²) in [5, 5.41) is 12.4. The van der Waals surface area contributed by atoms with Crippen molar-refractivity contribution in [1.82, 2.24) is 15.1 Å². The maximum Gasteiger partial charge on any atom is 0.317 e. The van der Waals surface area contributed by atoms with E-state index >= 15 is 0 Å². The summed E-state index contributed by atoms with van der Waals surface area (Å²) >= 11 is 0. The van der Waals surface area contributed by atoms with E-state index in [0.717, 1.165) is 38.0 Å². The third kappa shape index (κ3) is 4.53. The molecule has 2 aliphatic rings. The number of hydrogen-bond acceptors (Lipinski definition) is 4. The molecule has 1 atom stereocenters. The number of piperidine rings is 1. The molecule has 26 heavy (non-hydrogen) atoms. The van der Waals surface area contributed by atoms with Gasteiger partial charge in [0.1, 0.15) is 6.54 Å². The van der Waals surface area contributed by atoms with Crippen molar-refractivity contribution in [3.63, 3.8) is 0 Å². The highest BCUT2D eigenvalue weighted by Gasteiger charge is 2.28. The van der Waals surface area contributed by atoms with Crippen LogP contribution in [0.15, 0.2) is 30.3 Å². The second-order valence-electron chi connectivity index (χ2n) is 6.90. The fourth-order valence-corrected chi connectivity index (χ4v) is 3.71. The van der Waals surface area contributed by atoms with Gasteiger partial charge in [0, 0.05) is 37.9 Å². The van der Waals surface area contributed by atoms with Crippen LogP contribution in [0.1, 0.15) is 19.3 Å². The summed E-state index contributed by atoms with van der Waals surface area (Å²) in [6.45, 7) is 3.53. The van der Waals surface area contributed by atoms with Gasteiger partial charge in [-0.3, -0.25) is 9.69 Å². The van der Waals surface area contributed by atoms with E-state index in [4.69, 9.17) is 0 Å². The highest BCUT2D eigenvalue weighted by atomic mass is 16.3. The Morgan fingerprint density at radius 3 is 2.69 bits per heavy atom. The second kappa shape index (κ2) is 9.00. The van der Waals surface area contributed by atoms with Gasteiger partial charge in [-0.15, -0.1) is 0 Å². The highest BCUT2D eigenvalue weighted by molar-refractivity contribution is 5.97. The Hall–Kier alpha value is -2.12. The lowest BCUT2D eigenvalue weighted by atomic mass is 10.0. The minimum Gasteiger partial charge on any atom is -0.395 e. The summed E-state index contributed by atoms with van der Waals surface area (Å²) < 4.78 is 0. The Morgan fingerprint density at radius 2 is 1.96 bits per heavy atom. The number of nitrogens with zero attached hydrogens (tertiary/aromatic N) is 3. The van der Waals surface area contributed by atoms with Crippen molar-refractivity contribution in [2.75, 3.05) is 50.8 Å². The molecule has 3 rings (SSSR count). The van der Waals surface area contributed by atoms with Crippen LogP contribution < -0.4 is 10.2 Å². The number of aliphatic hydroxyl groups is 1. The van der Waals surface area contributed by atoms with Gasteiger partial charge >= 0.3 is 6.03 Å². The van der Waals surface area contributed by atoms with Gasteiger partial charge < -0.3 is 20.2 Å². The van der Waals surface area contributed by atoms with E-state index < -0.39 is 0 Å². The quantitative estimate of drug-likeness (QED) is 0.818. The number of likely N-dealkylation sites (tertiary alicyclic amines) is 1. The van der Waals surface area contributed by atoms with Crippen LogP contribution in [0, 0.1) is 0 Å². The van der Waals surface area contributed by atoms with Crippen molar-refractivity contribution in [2.45, 2.75) is 25.3 Å². The van der Waals surface area contributed by atoms with E-state index in [1.165, 1.54) is 0 Å². The van der Waals surface area contributed by atoms with Crippen molar-refractivity contribution < 1.29 is 14.7 Å². The van der Waals surface area contributed by atoms with Crippen LogP contribution >= 0.6 is 0 Å². The maximum absolute atomic E-state index is 12.4. The zero-order valence-corrected chi connectivity index (χ0v) is 15.1. The SMILES string of the molecule is O=C(NCCN1CCCC[C@H]1CO)N1CCN(c2ccccc2)C(=O)C1. The molecule has 142 valence electrons. The van der Waals surface area contributed by atoms with Crippen LogP contribution in [-0.4, -0.2) is 78.8 Å². The Bertz CT molecular complexity index is 610. The first-order chi connectivity index (χ1) is 12.7. The third-order valence-electron chi connectivity index (χ3n) is 5.21. The maximum atomic E-state index is 12.4. The molecule has 0 spiro atoms. The van der Waals surface area contributed by atoms with E-state index in [-0.39, 0.29) is 31.1 Å². The standard InChI is InChI=1S/C19H28N4O3/c24-15-17-8-4-5-10-21(17)11-9-20-19(26)22-12-13-23(18(25)14-22)16-6-2-1-3-7-16/h1-3,6-7,17,24H,4-5,8-15H2,(H,20,26)/t17-/m0/s1. The molecule has 0 radical (unpaired) electrons. The Labute approximate surface area is 154 Å². The van der Waals surface area contributed by atoms with Crippen LogP contribution in [-0.2, 0) is 4.79 Å². The Morgan fingerprint density at radius 1 is 1.15 bits per heavy atom. The van der Waals surface area contributed by atoms with Crippen molar-refractivity contribution in [2.24, 2.45) is 0 Å². The number of rotatable bonds is 5. The Kier molecular flexibility index (Phi) is 6.46. The number of carbonyl (C=O) groups excluding carboxylic acids is 2. The van der Waals surface area contributed by atoms with Gasteiger partial charge in [0.05, 0.1) is 6.61 Å². The number of amides is 3. The molecule has 2 aliphatic heterocycles. The van der Waals surface area contributed by atoms with Gasteiger partial charge in [0.25, 0.3) is 0 Å². The summed E-state index contributed by atoms with van der Waals surface area (Å²) in [5.74, 6) is -0.0611. The zero-order valence-electron chi connectivity index (χ0n) is 15.1. The number of urea groups is 1. The fourth-order valence-electron chi connectivity index (χ4n) is 3.71. The summed E-state index contributed by atoms with van der Waals surface area (Å²) in [6, 6.07) is 9.55.